The van der Waals surface area contributed by atoms with Crippen LogP contribution in [0.3, 0.4) is 0 Å². The highest BCUT2D eigenvalue weighted by atomic mass is 32.2. The highest BCUT2D eigenvalue weighted by molar-refractivity contribution is 7.90. The number of nitriles is 1. The summed E-state index contributed by atoms with van der Waals surface area (Å²) in [5.74, 6) is -0.494. The number of anilines is 2. The lowest BCUT2D eigenvalue weighted by Gasteiger charge is -2.36. The number of nitrogens with one attached hydrogen (secondary N) is 1. The van der Waals surface area contributed by atoms with Gasteiger partial charge in [-0.15, -0.1) is 0 Å². The van der Waals surface area contributed by atoms with Gasteiger partial charge in [-0.1, -0.05) is 0 Å². The summed E-state index contributed by atoms with van der Waals surface area (Å²) < 4.78 is 23.6. The zero-order chi connectivity index (χ0) is 18.6. The third kappa shape index (κ3) is 4.70. The maximum absolute atomic E-state index is 11.8. The minimum Gasteiger partial charge on any atom is -0.366 e. The van der Waals surface area contributed by atoms with Crippen molar-refractivity contribution in [3.05, 3.63) is 18.2 Å². The molecule has 134 valence electrons. The van der Waals surface area contributed by atoms with E-state index >= 15 is 0 Å². The monoisotopic (exact) mass is 364 g/mol. The Morgan fingerprint density at radius 1 is 1.24 bits per heavy atom. The zero-order valence-electron chi connectivity index (χ0n) is 14.2. The van der Waals surface area contributed by atoms with Crippen LogP contribution in [0.25, 0.3) is 0 Å². The normalized spacial score (nSPS) is 14.8. The van der Waals surface area contributed by atoms with E-state index in [2.05, 4.69) is 5.32 Å². The maximum Gasteiger partial charge on any atom is 0.238 e. The van der Waals surface area contributed by atoms with E-state index in [9.17, 15) is 18.0 Å². The van der Waals surface area contributed by atoms with E-state index in [1.165, 1.54) is 19.1 Å². The number of carbonyl (C=O) groups is 2. The van der Waals surface area contributed by atoms with Gasteiger partial charge in [0.15, 0.2) is 9.84 Å². The third-order valence-corrected chi connectivity index (χ3v) is 5.09. The van der Waals surface area contributed by atoms with Gasteiger partial charge in [0.25, 0.3) is 0 Å². The Balaban J connectivity index is 2.32. The van der Waals surface area contributed by atoms with Gasteiger partial charge < -0.3 is 15.1 Å². The Kier molecular flexibility index (Phi) is 5.64. The average Bonchev–Trinajstić information content (AvgIpc) is 2.54. The Hall–Kier alpha value is -2.60. The fourth-order valence-corrected chi connectivity index (χ4v) is 3.30. The van der Waals surface area contributed by atoms with Gasteiger partial charge in [-0.2, -0.15) is 5.26 Å². The van der Waals surface area contributed by atoms with Crippen molar-refractivity contribution in [2.75, 3.05) is 42.7 Å². The molecule has 9 heteroatoms. The van der Waals surface area contributed by atoms with E-state index < -0.39 is 15.7 Å². The summed E-state index contributed by atoms with van der Waals surface area (Å²) in [6.45, 7) is 3.76. The van der Waals surface area contributed by atoms with E-state index in [0.717, 1.165) is 6.26 Å². The van der Waals surface area contributed by atoms with Gasteiger partial charge in [0.05, 0.1) is 22.3 Å². The number of carbonyl (C=O) groups excluding carboxylic acids is 2. The fraction of sp³-hybridized carbons (Fsp3) is 0.438. The number of piperazine rings is 1. The first kappa shape index (κ1) is 18.7. The summed E-state index contributed by atoms with van der Waals surface area (Å²) in [6, 6.07) is 6.29. The van der Waals surface area contributed by atoms with Crippen molar-refractivity contribution in [2.24, 2.45) is 0 Å². The van der Waals surface area contributed by atoms with E-state index in [0.29, 0.717) is 37.6 Å². The number of benzene rings is 1. The first-order valence-electron chi connectivity index (χ1n) is 7.73. The van der Waals surface area contributed by atoms with E-state index in [1.54, 1.807) is 17.0 Å². The molecule has 1 saturated heterocycles. The largest absolute Gasteiger partial charge is 0.366 e. The summed E-state index contributed by atoms with van der Waals surface area (Å²) in [4.78, 5) is 27.0. The second-order valence-corrected chi connectivity index (χ2v) is 7.84. The highest BCUT2D eigenvalue weighted by Crippen LogP contribution is 2.30. The molecule has 1 fully saturated rings. The molecule has 0 saturated carbocycles. The average molecular weight is 364 g/mol. The molecule has 0 unspecified atom stereocenters. The molecule has 1 aliphatic rings. The van der Waals surface area contributed by atoms with Gasteiger partial charge in [-0.05, 0) is 18.2 Å². The number of sulfone groups is 1. The fourth-order valence-electron chi connectivity index (χ4n) is 2.65. The first-order valence-corrected chi connectivity index (χ1v) is 9.63. The molecule has 8 nitrogen and oxygen atoms in total. The van der Waals surface area contributed by atoms with E-state index in [1.807, 2.05) is 4.90 Å². The lowest BCUT2D eigenvalue weighted by atomic mass is 10.2. The number of amides is 2. The van der Waals surface area contributed by atoms with Crippen LogP contribution in [0.15, 0.2) is 23.1 Å². The van der Waals surface area contributed by atoms with Gasteiger partial charge in [0, 0.05) is 39.4 Å². The number of hydrogen-bond donors (Lipinski definition) is 1. The summed E-state index contributed by atoms with van der Waals surface area (Å²) in [5.41, 5.74) is 1.02. The minimum absolute atomic E-state index is 0.00891. The second kappa shape index (κ2) is 7.53. The lowest BCUT2D eigenvalue weighted by molar-refractivity contribution is -0.129. The molecule has 0 aliphatic carbocycles. The number of rotatable bonds is 4. The van der Waals surface area contributed by atoms with Crippen LogP contribution < -0.4 is 10.2 Å². The van der Waals surface area contributed by atoms with Gasteiger partial charge in [0.2, 0.25) is 11.8 Å². The van der Waals surface area contributed by atoms with Crippen LogP contribution in [0.4, 0.5) is 11.4 Å². The molecule has 2 rings (SSSR count). The molecule has 0 spiro atoms. The van der Waals surface area contributed by atoms with Crippen molar-refractivity contribution in [1.82, 2.24) is 4.90 Å². The van der Waals surface area contributed by atoms with Crippen LogP contribution in [0.2, 0.25) is 0 Å². The molecule has 1 aromatic rings. The van der Waals surface area contributed by atoms with Crippen LogP contribution >= 0.6 is 0 Å². The zero-order valence-corrected chi connectivity index (χ0v) is 15.0. The Morgan fingerprint density at radius 2 is 1.88 bits per heavy atom. The van der Waals surface area contributed by atoms with Gasteiger partial charge in [0.1, 0.15) is 6.42 Å². The molecule has 0 aromatic heterocycles. The molecular weight excluding hydrogens is 344 g/mol. The van der Waals surface area contributed by atoms with Crippen LogP contribution in [-0.4, -0.2) is 57.6 Å². The standard InChI is InChI=1S/C16H20N4O4S/c1-12(21)19-7-9-20(10-8-19)15-4-3-13(25(2,23)24)11-14(15)18-16(22)5-6-17/h3-4,11H,5,7-10H2,1-2H3,(H,18,22). The molecule has 0 atom stereocenters. The third-order valence-electron chi connectivity index (χ3n) is 3.98. The molecule has 1 N–H and O–H groups in total. The molecule has 0 bridgehead atoms. The Bertz CT molecular complexity index is 821. The van der Waals surface area contributed by atoms with Crippen LogP contribution in [0.5, 0.6) is 0 Å². The quantitative estimate of drug-likeness (QED) is 0.838. The van der Waals surface area contributed by atoms with Crippen molar-refractivity contribution in [3.8, 4) is 6.07 Å². The molecule has 1 aromatic carbocycles. The second-order valence-electron chi connectivity index (χ2n) is 5.83. The minimum atomic E-state index is -3.43. The summed E-state index contributed by atoms with van der Waals surface area (Å²) in [7, 11) is -3.43. The van der Waals surface area contributed by atoms with Crippen molar-refractivity contribution < 1.29 is 18.0 Å². The first-order chi connectivity index (χ1) is 11.7. The topological polar surface area (TPSA) is 111 Å². The predicted molar refractivity (Wildman–Crippen MR) is 92.9 cm³/mol. The number of hydrogen-bond acceptors (Lipinski definition) is 6. The number of nitrogens with zero attached hydrogens (tertiary/aromatic N) is 3. The summed E-state index contributed by atoms with van der Waals surface area (Å²) in [5, 5.41) is 11.3. The van der Waals surface area contributed by atoms with Gasteiger partial charge in [-0.3, -0.25) is 9.59 Å². The molecule has 25 heavy (non-hydrogen) atoms. The van der Waals surface area contributed by atoms with Crippen LogP contribution in [0, 0.1) is 11.3 Å². The highest BCUT2D eigenvalue weighted by Gasteiger charge is 2.22. The van der Waals surface area contributed by atoms with Gasteiger partial charge >= 0.3 is 0 Å². The molecule has 1 aliphatic heterocycles. The van der Waals surface area contributed by atoms with E-state index in [4.69, 9.17) is 5.26 Å². The molecule has 0 radical (unpaired) electrons. The van der Waals surface area contributed by atoms with Crippen molar-refractivity contribution >= 4 is 33.0 Å². The van der Waals surface area contributed by atoms with Gasteiger partial charge in [-0.25, -0.2) is 8.42 Å². The lowest BCUT2D eigenvalue weighted by Crippen LogP contribution is -2.48. The Labute approximate surface area is 146 Å². The van der Waals surface area contributed by atoms with Crippen molar-refractivity contribution in [1.29, 1.82) is 5.26 Å². The maximum atomic E-state index is 11.8. The van der Waals surface area contributed by atoms with Crippen LogP contribution in [-0.2, 0) is 19.4 Å². The molecule has 1 heterocycles. The molecular formula is C16H20N4O4S. The summed E-state index contributed by atoms with van der Waals surface area (Å²) in [6.07, 6.45) is 0.773. The summed E-state index contributed by atoms with van der Waals surface area (Å²) >= 11 is 0. The molecule has 2 amide bonds. The van der Waals surface area contributed by atoms with Crippen LogP contribution in [0.1, 0.15) is 13.3 Å². The Morgan fingerprint density at radius 3 is 2.40 bits per heavy atom. The predicted octanol–water partition coefficient (Wildman–Crippen LogP) is 0.611. The SMILES string of the molecule is CC(=O)N1CCN(c2ccc(S(C)(=O)=O)cc2NC(=O)CC#N)CC1. The smallest absolute Gasteiger partial charge is 0.238 e. The van der Waals surface area contributed by atoms with Crippen molar-refractivity contribution in [2.45, 2.75) is 18.2 Å². The van der Waals surface area contributed by atoms with Crippen molar-refractivity contribution in [3.63, 3.8) is 0 Å². The van der Waals surface area contributed by atoms with E-state index in [-0.39, 0.29) is 17.2 Å².